The lowest BCUT2D eigenvalue weighted by Gasteiger charge is -2.04. The zero-order valence-electron chi connectivity index (χ0n) is 14.9. The highest BCUT2D eigenvalue weighted by Gasteiger charge is 2.15. The fourth-order valence-electron chi connectivity index (χ4n) is 1.49. The highest BCUT2D eigenvalue weighted by molar-refractivity contribution is 6.31. The third-order valence-corrected chi connectivity index (χ3v) is 2.98. The van der Waals surface area contributed by atoms with Crippen LogP contribution in [0.15, 0.2) is 24.3 Å². The van der Waals surface area contributed by atoms with Gasteiger partial charge in [-0.2, -0.15) is 29.9 Å². The van der Waals surface area contributed by atoms with Crippen LogP contribution in [-0.2, 0) is 0 Å². The van der Waals surface area contributed by atoms with Crippen LogP contribution in [0.5, 0.6) is 11.8 Å². The zero-order valence-corrected chi connectivity index (χ0v) is 15.2. The van der Waals surface area contributed by atoms with E-state index in [0.717, 1.165) is 0 Å². The first-order chi connectivity index (χ1) is 13.8. The largest absolute Gasteiger partial charge is 0.507 e. The van der Waals surface area contributed by atoms with Gasteiger partial charge >= 0.3 is 12.0 Å². The molecule has 0 saturated heterocycles. The Morgan fingerprint density at radius 2 is 1.48 bits per heavy atom. The average molecular weight is 434 g/mol. The molecule has 0 aliphatic heterocycles. The van der Waals surface area contributed by atoms with Crippen LogP contribution in [-0.4, -0.2) is 41.0 Å². The summed E-state index contributed by atoms with van der Waals surface area (Å²) >= 11 is 16.3. The van der Waals surface area contributed by atoms with Crippen LogP contribution < -0.4 is 16.2 Å². The number of esters is 1. The molecule has 3 rings (SSSR count). The molecule has 5 N–H and O–H groups in total. The number of nitrogens with two attached hydrogens (primary N) is 2. The van der Waals surface area contributed by atoms with Crippen LogP contribution in [0.25, 0.3) is 0 Å². The molecule has 11 nitrogen and oxygen atoms in total. The van der Waals surface area contributed by atoms with Crippen molar-refractivity contribution in [1.82, 2.24) is 29.9 Å². The Balaban J connectivity index is 0.000000253. The summed E-state index contributed by atoms with van der Waals surface area (Å²) < 4.78 is 18.3. The number of benzene rings is 1. The minimum absolute atomic E-state index is 0.0324. The molecular formula is C13H9Cl3N8O3. The van der Waals surface area contributed by atoms with Crippen LogP contribution in [0.3, 0.4) is 0 Å². The number of hydrogen-bond donors (Lipinski definition) is 3. The maximum atomic E-state index is 11.8. The van der Waals surface area contributed by atoms with E-state index in [0.29, 0.717) is 0 Å². The molecule has 27 heavy (non-hydrogen) atoms. The number of halogens is 3. The number of rotatable bonds is 4. The molecule has 0 atom stereocenters. The first-order valence-corrected chi connectivity index (χ1v) is 7.80. The van der Waals surface area contributed by atoms with Gasteiger partial charge in [0.25, 0.3) is 0 Å². The van der Waals surface area contributed by atoms with Crippen molar-refractivity contribution in [1.29, 1.82) is 0 Å². The van der Waals surface area contributed by atoms with Crippen molar-refractivity contribution in [3.05, 3.63) is 45.7 Å². The second-order valence-corrected chi connectivity index (χ2v) is 5.33. The lowest BCUT2D eigenvalue weighted by Crippen LogP contribution is -2.12. The van der Waals surface area contributed by atoms with Crippen molar-refractivity contribution in [2.24, 2.45) is 0 Å². The van der Waals surface area contributed by atoms with Gasteiger partial charge < -0.3 is 21.3 Å². The van der Waals surface area contributed by atoms with E-state index < -0.39 is 5.97 Å². The molecule has 0 spiro atoms. The van der Waals surface area contributed by atoms with E-state index in [9.17, 15) is 9.90 Å². The number of carbonyl (C=O) groups excluding carboxylic acids is 1. The number of hydrogen-bond acceptors (Lipinski definition) is 11. The molecule has 2 aromatic heterocycles. The molecule has 0 aliphatic rings. The third-order valence-electron chi connectivity index (χ3n) is 2.48. The van der Waals surface area contributed by atoms with E-state index in [-0.39, 0.29) is 45.1 Å². The van der Waals surface area contributed by atoms with Crippen LogP contribution >= 0.6 is 34.8 Å². The number of nitrogen functional groups attached to an aromatic ring is 2. The minimum Gasteiger partial charge on any atom is -0.507 e. The topological polar surface area (TPSA) is 176 Å². The Morgan fingerprint density at radius 1 is 0.926 bits per heavy atom. The van der Waals surface area contributed by atoms with Crippen molar-refractivity contribution in [3.63, 3.8) is 0 Å². The number of para-hydroxylation sites is 1. The van der Waals surface area contributed by atoms with Crippen LogP contribution in [0.1, 0.15) is 10.4 Å². The van der Waals surface area contributed by atoms with Crippen molar-refractivity contribution in [2.45, 2.75) is 0 Å². The van der Waals surface area contributed by atoms with Crippen molar-refractivity contribution in [2.75, 3.05) is 11.5 Å². The highest BCUT2D eigenvalue weighted by atomic mass is 35.5. The monoisotopic (exact) mass is 432 g/mol. The summed E-state index contributed by atoms with van der Waals surface area (Å²) in [6.07, 6.45) is 0. The van der Waals surface area contributed by atoms with Crippen molar-refractivity contribution in [3.8, 4) is 11.8 Å². The van der Waals surface area contributed by atoms with Gasteiger partial charge in [-0.1, -0.05) is 12.1 Å². The van der Waals surface area contributed by atoms with E-state index in [1.807, 2.05) is 11.5 Å². The number of phenols is 1. The van der Waals surface area contributed by atoms with Gasteiger partial charge in [0.15, 0.2) is 2.82 Å². The summed E-state index contributed by atoms with van der Waals surface area (Å²) in [5.41, 5.74) is 3.78. The maximum absolute atomic E-state index is 11.8. The molecule has 0 aliphatic carbocycles. The van der Waals surface area contributed by atoms with E-state index in [4.69, 9.17) is 42.4 Å². The number of carbonyl (C=O) groups is 1. The number of aromatic hydroxyl groups is 1. The standard InChI is InChI=1S/C10H7ClN4O3.C3H2Cl2N4/c11-8-13-9(12)15-10(14-8)18-7(17)5-3-1-2-4-6(5)16;4-1-7-2(5)9-3(6)8-1/h1-4,16H,(H2,12,13,14,15);(H2,6,7,8,9)/i/hD2. The SMILES string of the molecule is [2H]Nc1nc(Cl)nc(Cl)n1.[2H]Nc1nc(Cl)nc(OC(=O)c2ccccc2O)n1. The quantitative estimate of drug-likeness (QED) is 0.511. The summed E-state index contributed by atoms with van der Waals surface area (Å²) in [7, 11) is 0. The molecule has 0 unspecified atom stereocenters. The second-order valence-electron chi connectivity index (χ2n) is 4.31. The number of anilines is 2. The van der Waals surface area contributed by atoms with Gasteiger partial charge in [0.2, 0.25) is 27.7 Å². The predicted octanol–water partition coefficient (Wildman–Crippen LogP) is 1.79. The van der Waals surface area contributed by atoms with Gasteiger partial charge in [0.05, 0.1) is 0 Å². The number of aromatic nitrogens is 6. The molecule has 0 amide bonds. The normalized spacial score (nSPS) is 10.6. The molecule has 0 radical (unpaired) electrons. The Morgan fingerprint density at radius 3 is 2.07 bits per heavy atom. The number of ether oxygens (including phenoxy) is 1. The molecule has 2 heterocycles. The Labute approximate surface area is 169 Å². The Bertz CT molecular complexity index is 997. The average Bonchev–Trinajstić information content (AvgIpc) is 2.67. The van der Waals surface area contributed by atoms with Gasteiger partial charge in [-0.05, 0) is 46.9 Å². The molecule has 140 valence electrons. The maximum Gasteiger partial charge on any atom is 0.349 e. The Hall–Kier alpha value is -3.02. The number of nitrogens with zero attached hydrogens (tertiary/aromatic N) is 6. The van der Waals surface area contributed by atoms with Gasteiger partial charge in [0.1, 0.15) is 11.3 Å². The van der Waals surface area contributed by atoms with E-state index in [2.05, 4.69) is 29.9 Å². The van der Waals surface area contributed by atoms with Gasteiger partial charge in [-0.3, -0.25) is 0 Å². The molecule has 0 saturated carbocycles. The number of phenolic OH excluding ortho intramolecular Hbond substituents is 1. The first-order valence-electron chi connectivity index (χ1n) is 7.66. The second kappa shape index (κ2) is 9.07. The summed E-state index contributed by atoms with van der Waals surface area (Å²) in [4.78, 5) is 33.0. The fraction of sp³-hybridized carbons (Fsp3) is 0. The predicted molar refractivity (Wildman–Crippen MR) is 96.6 cm³/mol. The molecule has 0 bridgehead atoms. The van der Waals surface area contributed by atoms with E-state index >= 15 is 0 Å². The van der Waals surface area contributed by atoms with Gasteiger partial charge in [0, 0.05) is 0 Å². The smallest absolute Gasteiger partial charge is 0.349 e. The van der Waals surface area contributed by atoms with Crippen LogP contribution in [0.2, 0.25) is 18.7 Å². The van der Waals surface area contributed by atoms with Crippen LogP contribution in [0, 0.1) is 0 Å². The fourth-order valence-corrected chi connectivity index (χ4v) is 2.00. The lowest BCUT2D eigenvalue weighted by molar-refractivity contribution is 0.0716. The minimum atomic E-state index is -0.851. The molecule has 1 aromatic carbocycles. The zero-order chi connectivity index (χ0) is 21.4. The molecule has 3 aromatic rings. The summed E-state index contributed by atoms with van der Waals surface area (Å²) in [6, 6.07) is 5.47. The van der Waals surface area contributed by atoms with Gasteiger partial charge in [-0.15, -0.1) is 0 Å². The van der Waals surface area contributed by atoms with Crippen LogP contribution in [0.4, 0.5) is 11.9 Å². The molecule has 14 heteroatoms. The van der Waals surface area contributed by atoms with E-state index in [1.165, 1.54) is 12.1 Å². The summed E-state index contributed by atoms with van der Waals surface area (Å²) in [5, 5.41) is 9.19. The Kier molecular flexibility index (Phi) is 5.85. The molecule has 0 fully saturated rings. The lowest BCUT2D eigenvalue weighted by atomic mass is 10.2. The molecular weight excluding hydrogens is 423 g/mol. The third kappa shape index (κ3) is 6.33. The summed E-state index contributed by atoms with van der Waals surface area (Å²) in [6.45, 7) is 0. The van der Waals surface area contributed by atoms with Crippen molar-refractivity contribution >= 4 is 52.7 Å². The van der Waals surface area contributed by atoms with E-state index in [1.54, 1.807) is 12.1 Å². The van der Waals surface area contributed by atoms with Crippen molar-refractivity contribution < 1.29 is 17.5 Å². The highest BCUT2D eigenvalue weighted by Crippen LogP contribution is 2.18. The first kappa shape index (κ1) is 17.4. The summed E-state index contributed by atoms with van der Waals surface area (Å²) in [5.74, 6) is -1.21. The van der Waals surface area contributed by atoms with Gasteiger partial charge in [-0.25, -0.2) is 4.79 Å².